The van der Waals surface area contributed by atoms with Crippen LogP contribution in [0, 0.1) is 0 Å². The van der Waals surface area contributed by atoms with Crippen molar-refractivity contribution < 1.29 is 9.59 Å². The van der Waals surface area contributed by atoms with E-state index in [2.05, 4.69) is 25.6 Å². The number of carbonyl (C=O) groups excluding carboxylic acids is 2. The highest BCUT2D eigenvalue weighted by atomic mass is 16.2. The summed E-state index contributed by atoms with van der Waals surface area (Å²) in [6.45, 7) is 5.57. The summed E-state index contributed by atoms with van der Waals surface area (Å²) >= 11 is 0. The number of hydrogen-bond donors (Lipinski definition) is 2. The Bertz CT molecular complexity index is 1140. The quantitative estimate of drug-likeness (QED) is 0.637. The van der Waals surface area contributed by atoms with E-state index in [0.29, 0.717) is 22.8 Å². The number of anilines is 2. The van der Waals surface area contributed by atoms with Crippen molar-refractivity contribution >= 4 is 28.8 Å². The molecule has 0 radical (unpaired) electrons. The molecule has 1 amide bonds. The average molecular weight is 416 g/mol. The van der Waals surface area contributed by atoms with Gasteiger partial charge in [0.1, 0.15) is 17.6 Å². The van der Waals surface area contributed by atoms with Crippen LogP contribution in [0.2, 0.25) is 0 Å². The summed E-state index contributed by atoms with van der Waals surface area (Å²) in [5.74, 6) is 1.11. The van der Waals surface area contributed by atoms with Crippen LogP contribution in [0.15, 0.2) is 59.7 Å². The first-order valence-corrected chi connectivity index (χ1v) is 10.2. The van der Waals surface area contributed by atoms with E-state index in [9.17, 15) is 9.59 Å². The Hall–Kier alpha value is -3.81. The molecule has 158 valence electrons. The standard InChI is InChI=1S/C23H24N6O2/c1-14(2)21-25-22(27-26-21)17-11-7-8-12-18(17)24-23(31)19-13-20(15(3)30)29(28-19)16-9-5-4-6-10-16/h4-12,14,20H,13H2,1-3H3,(H,24,31)(H,25,26,27). The molecule has 31 heavy (non-hydrogen) atoms. The number of benzene rings is 2. The second-order valence-electron chi connectivity index (χ2n) is 7.76. The van der Waals surface area contributed by atoms with Gasteiger partial charge < -0.3 is 5.32 Å². The molecule has 2 N–H and O–H groups in total. The van der Waals surface area contributed by atoms with Crippen molar-refractivity contribution in [2.24, 2.45) is 5.10 Å². The van der Waals surface area contributed by atoms with Crippen LogP contribution < -0.4 is 10.3 Å². The minimum absolute atomic E-state index is 0.0438. The number of H-pyrrole nitrogens is 1. The Labute approximate surface area is 180 Å². The van der Waals surface area contributed by atoms with Gasteiger partial charge >= 0.3 is 0 Å². The van der Waals surface area contributed by atoms with E-state index in [1.54, 1.807) is 11.1 Å². The van der Waals surface area contributed by atoms with Gasteiger partial charge in [0, 0.05) is 17.9 Å². The van der Waals surface area contributed by atoms with E-state index in [1.807, 2.05) is 62.4 Å². The smallest absolute Gasteiger partial charge is 0.271 e. The maximum atomic E-state index is 13.0. The zero-order valence-electron chi connectivity index (χ0n) is 17.7. The van der Waals surface area contributed by atoms with Crippen LogP contribution in [0.1, 0.15) is 38.9 Å². The lowest BCUT2D eigenvalue weighted by molar-refractivity contribution is -0.118. The fourth-order valence-electron chi connectivity index (χ4n) is 3.42. The van der Waals surface area contributed by atoms with Crippen LogP contribution in [0.4, 0.5) is 11.4 Å². The number of rotatable bonds is 6. The SMILES string of the molecule is CC(=O)C1CC(C(=O)Nc2ccccc2-c2n[nH]c(C(C)C)n2)=NN1c1ccccc1. The fourth-order valence-corrected chi connectivity index (χ4v) is 3.42. The van der Waals surface area contributed by atoms with Crippen LogP contribution in [0.5, 0.6) is 0 Å². The summed E-state index contributed by atoms with van der Waals surface area (Å²) in [5, 5.41) is 16.2. The third-order valence-electron chi connectivity index (χ3n) is 5.13. The lowest BCUT2D eigenvalue weighted by atomic mass is 10.1. The number of Topliss-reactive ketones (excluding diaryl/α,β-unsaturated/α-hetero) is 1. The highest BCUT2D eigenvalue weighted by molar-refractivity contribution is 6.44. The number of ketones is 1. The second-order valence-corrected chi connectivity index (χ2v) is 7.76. The fraction of sp³-hybridized carbons (Fsp3) is 0.261. The van der Waals surface area contributed by atoms with Crippen LogP contribution in [0.3, 0.4) is 0 Å². The molecule has 8 heteroatoms. The number of para-hydroxylation sites is 2. The van der Waals surface area contributed by atoms with E-state index in [1.165, 1.54) is 6.92 Å². The molecule has 0 saturated heterocycles. The second kappa shape index (κ2) is 8.51. The highest BCUT2D eigenvalue weighted by Crippen LogP contribution is 2.28. The van der Waals surface area contributed by atoms with Crippen molar-refractivity contribution in [1.82, 2.24) is 15.2 Å². The number of aromatic nitrogens is 3. The van der Waals surface area contributed by atoms with Crippen molar-refractivity contribution in [3.05, 3.63) is 60.4 Å². The lowest BCUT2D eigenvalue weighted by Gasteiger charge is -2.20. The first-order valence-electron chi connectivity index (χ1n) is 10.2. The predicted octanol–water partition coefficient (Wildman–Crippen LogP) is 3.76. The summed E-state index contributed by atoms with van der Waals surface area (Å²) in [4.78, 5) is 29.7. The molecule has 0 fully saturated rings. The molecule has 1 atom stereocenters. The van der Waals surface area contributed by atoms with Gasteiger partial charge in [-0.05, 0) is 31.2 Å². The van der Waals surface area contributed by atoms with Gasteiger partial charge in [0.2, 0.25) is 0 Å². The Morgan fingerprint density at radius 1 is 1.10 bits per heavy atom. The molecule has 8 nitrogen and oxygen atoms in total. The van der Waals surface area contributed by atoms with Crippen LogP contribution in [-0.4, -0.2) is 38.6 Å². The molecule has 1 aromatic heterocycles. The number of nitrogens with one attached hydrogen (secondary N) is 2. The topological polar surface area (TPSA) is 103 Å². The van der Waals surface area contributed by atoms with E-state index in [-0.39, 0.29) is 24.0 Å². The van der Waals surface area contributed by atoms with Crippen molar-refractivity contribution in [3.8, 4) is 11.4 Å². The monoisotopic (exact) mass is 416 g/mol. The van der Waals surface area contributed by atoms with Gasteiger partial charge in [-0.25, -0.2) is 4.98 Å². The van der Waals surface area contributed by atoms with Gasteiger partial charge in [-0.3, -0.25) is 19.7 Å². The molecule has 0 bridgehead atoms. The zero-order valence-corrected chi connectivity index (χ0v) is 17.7. The van der Waals surface area contributed by atoms with Gasteiger partial charge in [0.05, 0.1) is 11.4 Å². The summed E-state index contributed by atoms with van der Waals surface area (Å²) in [7, 11) is 0. The van der Waals surface area contributed by atoms with Crippen molar-refractivity contribution in [3.63, 3.8) is 0 Å². The maximum Gasteiger partial charge on any atom is 0.271 e. The maximum absolute atomic E-state index is 13.0. The molecule has 0 spiro atoms. The molecule has 1 aliphatic heterocycles. The van der Waals surface area contributed by atoms with Gasteiger partial charge in [0.15, 0.2) is 11.6 Å². The van der Waals surface area contributed by atoms with E-state index in [4.69, 9.17) is 0 Å². The van der Waals surface area contributed by atoms with E-state index in [0.717, 1.165) is 11.5 Å². The third kappa shape index (κ3) is 4.23. The summed E-state index contributed by atoms with van der Waals surface area (Å²) in [6.07, 6.45) is 0.246. The number of aromatic amines is 1. The largest absolute Gasteiger partial charge is 0.320 e. The Balaban J connectivity index is 1.59. The Kier molecular flexibility index (Phi) is 5.62. The average Bonchev–Trinajstić information content (AvgIpc) is 3.43. The van der Waals surface area contributed by atoms with E-state index < -0.39 is 6.04 Å². The number of hydrazone groups is 1. The van der Waals surface area contributed by atoms with Gasteiger partial charge in [-0.15, -0.1) is 0 Å². The number of nitrogens with zero attached hydrogens (tertiary/aromatic N) is 4. The Morgan fingerprint density at radius 3 is 2.48 bits per heavy atom. The molecule has 2 heterocycles. The summed E-state index contributed by atoms with van der Waals surface area (Å²) < 4.78 is 0. The molecule has 1 aliphatic rings. The summed E-state index contributed by atoms with van der Waals surface area (Å²) in [6, 6.07) is 16.2. The first kappa shape index (κ1) is 20.5. The minimum Gasteiger partial charge on any atom is -0.320 e. The molecular weight excluding hydrogens is 392 g/mol. The van der Waals surface area contributed by atoms with Gasteiger partial charge in [-0.2, -0.15) is 10.2 Å². The van der Waals surface area contributed by atoms with Crippen molar-refractivity contribution in [1.29, 1.82) is 0 Å². The van der Waals surface area contributed by atoms with Crippen molar-refractivity contribution in [2.45, 2.75) is 39.2 Å². The Morgan fingerprint density at radius 2 is 1.81 bits per heavy atom. The first-order chi connectivity index (χ1) is 14.9. The number of amides is 1. The van der Waals surface area contributed by atoms with Crippen LogP contribution in [-0.2, 0) is 9.59 Å². The minimum atomic E-state index is -0.500. The molecule has 4 rings (SSSR count). The zero-order chi connectivity index (χ0) is 22.0. The lowest BCUT2D eigenvalue weighted by Crippen LogP contribution is -2.33. The molecule has 0 saturated carbocycles. The van der Waals surface area contributed by atoms with Crippen molar-refractivity contribution in [2.75, 3.05) is 10.3 Å². The molecule has 2 aromatic carbocycles. The molecular formula is C23H24N6O2. The molecule has 3 aromatic rings. The molecule has 0 aliphatic carbocycles. The number of carbonyl (C=O) groups is 2. The van der Waals surface area contributed by atoms with Gasteiger partial charge in [-0.1, -0.05) is 44.2 Å². The highest BCUT2D eigenvalue weighted by Gasteiger charge is 2.34. The third-order valence-corrected chi connectivity index (χ3v) is 5.13. The number of hydrogen-bond acceptors (Lipinski definition) is 6. The predicted molar refractivity (Wildman–Crippen MR) is 120 cm³/mol. The summed E-state index contributed by atoms with van der Waals surface area (Å²) in [5.41, 5.74) is 2.37. The van der Waals surface area contributed by atoms with Crippen LogP contribution >= 0.6 is 0 Å². The van der Waals surface area contributed by atoms with E-state index >= 15 is 0 Å². The van der Waals surface area contributed by atoms with Crippen LogP contribution in [0.25, 0.3) is 11.4 Å². The normalized spacial score (nSPS) is 15.8. The molecule has 1 unspecified atom stereocenters. The van der Waals surface area contributed by atoms with Gasteiger partial charge in [0.25, 0.3) is 5.91 Å².